The van der Waals surface area contributed by atoms with Crippen LogP contribution in [0.15, 0.2) is 53.9 Å². The van der Waals surface area contributed by atoms with Gasteiger partial charge in [-0.15, -0.1) is 11.3 Å². The van der Waals surface area contributed by atoms with Gasteiger partial charge in [-0.3, -0.25) is 19.8 Å². The van der Waals surface area contributed by atoms with Crippen LogP contribution in [0, 0.1) is 17.0 Å². The van der Waals surface area contributed by atoms with Crippen molar-refractivity contribution < 1.29 is 19.2 Å². The second-order valence-electron chi connectivity index (χ2n) is 6.12. The molecule has 1 aromatic heterocycles. The normalized spacial score (nSPS) is 10.4. The number of nitro benzene ring substituents is 1. The van der Waals surface area contributed by atoms with Crippen molar-refractivity contribution in [1.29, 1.82) is 0 Å². The van der Waals surface area contributed by atoms with Gasteiger partial charge >= 0.3 is 5.97 Å². The minimum Gasteiger partial charge on any atom is -0.455 e. The van der Waals surface area contributed by atoms with Gasteiger partial charge in [0.15, 0.2) is 5.13 Å². The first-order valence-corrected chi connectivity index (χ1v) is 9.47. The van der Waals surface area contributed by atoms with Gasteiger partial charge in [-0.25, -0.2) is 9.78 Å². The number of amides is 1. The van der Waals surface area contributed by atoms with E-state index in [4.69, 9.17) is 4.74 Å². The van der Waals surface area contributed by atoms with E-state index in [1.807, 2.05) is 18.2 Å². The Kier molecular flexibility index (Phi) is 5.99. The number of ether oxygens (including phenoxy) is 1. The van der Waals surface area contributed by atoms with E-state index in [2.05, 4.69) is 4.98 Å². The molecule has 29 heavy (non-hydrogen) atoms. The quantitative estimate of drug-likeness (QED) is 0.338. The van der Waals surface area contributed by atoms with Crippen molar-refractivity contribution in [1.82, 2.24) is 4.98 Å². The molecule has 0 radical (unpaired) electrons. The molecule has 0 spiro atoms. The number of anilines is 2. The molecule has 0 bridgehead atoms. The number of aryl methyl sites for hydroxylation is 1. The molecular weight excluding hydrogens is 394 g/mol. The van der Waals surface area contributed by atoms with Crippen LogP contribution in [0.2, 0.25) is 0 Å². The lowest BCUT2D eigenvalue weighted by Gasteiger charge is -2.17. The molecule has 0 aliphatic heterocycles. The number of aromatic nitrogens is 1. The number of carbonyl (C=O) groups is 2. The van der Waals surface area contributed by atoms with Crippen LogP contribution < -0.4 is 4.90 Å². The van der Waals surface area contributed by atoms with Crippen molar-refractivity contribution in [2.45, 2.75) is 20.5 Å². The van der Waals surface area contributed by atoms with E-state index < -0.39 is 10.9 Å². The molecule has 0 saturated carbocycles. The van der Waals surface area contributed by atoms with Crippen LogP contribution in [0.1, 0.15) is 28.5 Å². The van der Waals surface area contributed by atoms with Gasteiger partial charge in [-0.1, -0.05) is 30.3 Å². The molecule has 1 amide bonds. The van der Waals surface area contributed by atoms with Crippen LogP contribution in [-0.2, 0) is 16.1 Å². The molecule has 9 heteroatoms. The topological polar surface area (TPSA) is 103 Å². The van der Waals surface area contributed by atoms with Crippen molar-refractivity contribution in [2.24, 2.45) is 0 Å². The van der Waals surface area contributed by atoms with Crippen molar-refractivity contribution in [3.63, 3.8) is 0 Å². The number of hydrogen-bond donors (Lipinski definition) is 0. The van der Waals surface area contributed by atoms with Gasteiger partial charge in [0.25, 0.3) is 5.69 Å². The zero-order valence-electron chi connectivity index (χ0n) is 15.7. The highest BCUT2D eigenvalue weighted by Crippen LogP contribution is 2.29. The molecule has 0 atom stereocenters. The summed E-state index contributed by atoms with van der Waals surface area (Å²) in [6, 6.07) is 13.5. The van der Waals surface area contributed by atoms with Crippen LogP contribution in [0.25, 0.3) is 0 Å². The fourth-order valence-electron chi connectivity index (χ4n) is 2.75. The molecule has 1 heterocycles. The molecule has 0 aliphatic rings. The largest absolute Gasteiger partial charge is 0.455 e. The highest BCUT2D eigenvalue weighted by molar-refractivity contribution is 7.14. The van der Waals surface area contributed by atoms with E-state index in [1.54, 1.807) is 36.6 Å². The second-order valence-corrected chi connectivity index (χ2v) is 6.95. The number of rotatable bonds is 6. The van der Waals surface area contributed by atoms with Crippen molar-refractivity contribution in [3.8, 4) is 0 Å². The van der Waals surface area contributed by atoms with Crippen LogP contribution in [-0.4, -0.2) is 21.8 Å². The fourth-order valence-corrected chi connectivity index (χ4v) is 3.62. The Hall–Kier alpha value is -3.59. The standard InChI is InChI=1S/C20H17N3O5S/c1-13-7-6-10-17(18(13)23(26)27)19(25)28-11-15-12-29-20(21-15)22(14(2)24)16-8-4-3-5-9-16/h3-10,12H,11H2,1-2H3. The van der Waals surface area contributed by atoms with E-state index in [0.717, 1.165) is 0 Å². The Labute approximate surface area is 170 Å². The molecule has 0 aliphatic carbocycles. The lowest BCUT2D eigenvalue weighted by molar-refractivity contribution is -0.385. The van der Waals surface area contributed by atoms with Crippen LogP contribution >= 0.6 is 11.3 Å². The third-order valence-corrected chi connectivity index (χ3v) is 4.93. The predicted molar refractivity (Wildman–Crippen MR) is 108 cm³/mol. The summed E-state index contributed by atoms with van der Waals surface area (Å²) in [5.41, 5.74) is 1.10. The van der Waals surface area contributed by atoms with Crippen LogP contribution in [0.3, 0.4) is 0 Å². The van der Waals surface area contributed by atoms with E-state index in [-0.39, 0.29) is 23.8 Å². The maximum absolute atomic E-state index is 12.4. The molecule has 0 saturated heterocycles. The van der Waals surface area contributed by atoms with Gasteiger partial charge in [0.2, 0.25) is 5.91 Å². The minimum absolute atomic E-state index is 0.111. The summed E-state index contributed by atoms with van der Waals surface area (Å²) in [5.74, 6) is -1.01. The van der Waals surface area contributed by atoms with Crippen molar-refractivity contribution in [3.05, 3.63) is 80.8 Å². The molecule has 8 nitrogen and oxygen atoms in total. The lowest BCUT2D eigenvalue weighted by Crippen LogP contribution is -2.22. The highest BCUT2D eigenvalue weighted by Gasteiger charge is 2.24. The number of esters is 1. The average molecular weight is 411 g/mol. The molecule has 2 aromatic carbocycles. The average Bonchev–Trinajstić information content (AvgIpc) is 3.14. The Morgan fingerprint density at radius 2 is 1.90 bits per heavy atom. The monoisotopic (exact) mass is 411 g/mol. The number of benzene rings is 2. The molecule has 0 unspecified atom stereocenters. The number of thiazole rings is 1. The van der Waals surface area contributed by atoms with Gasteiger partial charge in [0, 0.05) is 17.9 Å². The summed E-state index contributed by atoms with van der Waals surface area (Å²) in [6.45, 7) is 2.83. The third kappa shape index (κ3) is 4.46. The summed E-state index contributed by atoms with van der Waals surface area (Å²) in [4.78, 5) is 40.9. The molecule has 0 fully saturated rings. The first-order chi connectivity index (χ1) is 13.9. The number of nitro groups is 1. The van der Waals surface area contributed by atoms with E-state index in [9.17, 15) is 19.7 Å². The summed E-state index contributed by atoms with van der Waals surface area (Å²) in [5, 5.41) is 13.4. The summed E-state index contributed by atoms with van der Waals surface area (Å²) < 4.78 is 5.22. The zero-order chi connectivity index (χ0) is 21.0. The Balaban J connectivity index is 1.76. The number of para-hydroxylation sites is 2. The lowest BCUT2D eigenvalue weighted by atomic mass is 10.1. The molecule has 148 valence electrons. The van der Waals surface area contributed by atoms with Crippen molar-refractivity contribution in [2.75, 3.05) is 4.90 Å². The van der Waals surface area contributed by atoms with Gasteiger partial charge in [-0.2, -0.15) is 0 Å². The number of nitrogens with zero attached hydrogens (tertiary/aromatic N) is 3. The third-order valence-electron chi connectivity index (χ3n) is 4.05. The Morgan fingerprint density at radius 1 is 1.17 bits per heavy atom. The fraction of sp³-hybridized carbons (Fsp3) is 0.150. The van der Waals surface area contributed by atoms with Gasteiger partial charge in [0.05, 0.1) is 16.3 Å². The summed E-state index contributed by atoms with van der Waals surface area (Å²) in [7, 11) is 0. The smallest absolute Gasteiger partial charge is 0.345 e. The van der Waals surface area contributed by atoms with Gasteiger partial charge < -0.3 is 4.74 Å². The minimum atomic E-state index is -0.804. The van der Waals surface area contributed by atoms with E-state index >= 15 is 0 Å². The van der Waals surface area contributed by atoms with Gasteiger partial charge in [0.1, 0.15) is 12.2 Å². The molecule has 3 aromatic rings. The molecular formula is C20H17N3O5S. The summed E-state index contributed by atoms with van der Waals surface area (Å²) >= 11 is 1.23. The Morgan fingerprint density at radius 3 is 2.55 bits per heavy atom. The van der Waals surface area contributed by atoms with Crippen LogP contribution in [0.4, 0.5) is 16.5 Å². The first-order valence-electron chi connectivity index (χ1n) is 8.59. The second kappa shape index (κ2) is 8.61. The zero-order valence-corrected chi connectivity index (χ0v) is 16.5. The highest BCUT2D eigenvalue weighted by atomic mass is 32.1. The van der Waals surface area contributed by atoms with E-state index in [0.29, 0.717) is 22.1 Å². The van der Waals surface area contributed by atoms with Crippen LogP contribution in [0.5, 0.6) is 0 Å². The van der Waals surface area contributed by atoms with E-state index in [1.165, 1.54) is 29.2 Å². The van der Waals surface area contributed by atoms with Crippen molar-refractivity contribution >= 4 is 39.7 Å². The summed E-state index contributed by atoms with van der Waals surface area (Å²) in [6.07, 6.45) is 0. The van der Waals surface area contributed by atoms with Gasteiger partial charge in [-0.05, 0) is 25.1 Å². The maximum Gasteiger partial charge on any atom is 0.345 e. The maximum atomic E-state index is 12.4. The number of carbonyl (C=O) groups excluding carboxylic acids is 2. The first kappa shape index (κ1) is 20.2. The molecule has 0 N–H and O–H groups in total. The predicted octanol–water partition coefficient (Wildman–Crippen LogP) is 4.40. The molecule has 3 rings (SSSR count). The Bertz CT molecular complexity index is 1060. The number of hydrogen-bond acceptors (Lipinski definition) is 7. The SMILES string of the molecule is CC(=O)N(c1ccccc1)c1nc(COC(=O)c2cccc(C)c2[N+](=O)[O-])cs1.